The van der Waals surface area contributed by atoms with E-state index in [2.05, 4.69) is 52.0 Å². The summed E-state index contributed by atoms with van der Waals surface area (Å²) in [6, 6.07) is 0.586. The third-order valence-corrected chi connectivity index (χ3v) is 3.05. The molecule has 0 aliphatic carbocycles. The van der Waals surface area contributed by atoms with E-state index < -0.39 is 0 Å². The van der Waals surface area contributed by atoms with Crippen molar-refractivity contribution in [2.45, 2.75) is 52.1 Å². The Morgan fingerprint density at radius 3 is 2.08 bits per heavy atom. The van der Waals surface area contributed by atoms with E-state index in [-0.39, 0.29) is 5.54 Å². The second kappa shape index (κ2) is 5.61. The van der Waals surface area contributed by atoms with Crippen molar-refractivity contribution >= 4 is 0 Å². The first-order chi connectivity index (χ1) is 5.96. The van der Waals surface area contributed by atoms with Gasteiger partial charge in [-0.2, -0.15) is 0 Å². The molecule has 0 aliphatic rings. The fraction of sp³-hybridized carbons (Fsp3) is 1.00. The van der Waals surface area contributed by atoms with Crippen molar-refractivity contribution in [3.05, 3.63) is 0 Å². The molecule has 0 rings (SSSR count). The van der Waals surface area contributed by atoms with Crippen molar-refractivity contribution < 1.29 is 0 Å². The van der Waals surface area contributed by atoms with Crippen LogP contribution in [0.3, 0.4) is 0 Å². The lowest BCUT2D eigenvalue weighted by molar-refractivity contribution is 0.135. The zero-order chi connectivity index (χ0) is 10.5. The minimum Gasteiger partial charge on any atom is -0.312 e. The van der Waals surface area contributed by atoms with Gasteiger partial charge in [-0.3, -0.25) is 0 Å². The molecule has 0 aromatic carbocycles. The van der Waals surface area contributed by atoms with E-state index in [4.69, 9.17) is 0 Å². The van der Waals surface area contributed by atoms with E-state index in [1.165, 1.54) is 12.8 Å². The van der Waals surface area contributed by atoms with Crippen molar-refractivity contribution in [3.63, 3.8) is 0 Å². The Bertz CT molecular complexity index is 130. The molecule has 13 heavy (non-hydrogen) atoms. The van der Waals surface area contributed by atoms with Gasteiger partial charge in [0.2, 0.25) is 0 Å². The summed E-state index contributed by atoms with van der Waals surface area (Å²) in [5, 5.41) is 3.60. The predicted molar refractivity (Wildman–Crippen MR) is 60.1 cm³/mol. The van der Waals surface area contributed by atoms with Gasteiger partial charge in [0.05, 0.1) is 0 Å². The molecule has 0 spiro atoms. The zero-order valence-electron chi connectivity index (χ0n) is 10.1. The summed E-state index contributed by atoms with van der Waals surface area (Å²) in [5.74, 6) is 0. The van der Waals surface area contributed by atoms with Gasteiger partial charge in [0.1, 0.15) is 0 Å². The first-order valence-electron chi connectivity index (χ1n) is 5.37. The Kier molecular flexibility index (Phi) is 5.57. The predicted octanol–water partition coefficient (Wildman–Crippen LogP) is 2.10. The Hall–Kier alpha value is -0.0800. The molecule has 0 aromatic heterocycles. The number of hydrogen-bond donors (Lipinski definition) is 1. The van der Waals surface area contributed by atoms with E-state index in [1.807, 2.05) is 0 Å². The quantitative estimate of drug-likeness (QED) is 0.683. The van der Waals surface area contributed by atoms with Crippen LogP contribution in [0, 0.1) is 0 Å². The largest absolute Gasteiger partial charge is 0.312 e. The van der Waals surface area contributed by atoms with E-state index >= 15 is 0 Å². The fourth-order valence-corrected chi connectivity index (χ4v) is 1.52. The molecular formula is C11H26N2. The number of likely N-dealkylation sites (N-methyl/N-ethyl adjacent to an activating group) is 1. The standard InChI is InChI=1S/C11H26N2/c1-7-9-12-10(8-2)11(3,4)13(5)6/h10,12H,7-9H2,1-6H3. The van der Waals surface area contributed by atoms with Crippen LogP contribution in [-0.4, -0.2) is 37.1 Å². The molecule has 80 valence electrons. The third kappa shape index (κ3) is 3.65. The molecule has 0 amide bonds. The van der Waals surface area contributed by atoms with Gasteiger partial charge in [-0.15, -0.1) is 0 Å². The Labute approximate surface area is 83.7 Å². The van der Waals surface area contributed by atoms with Crippen molar-refractivity contribution in [1.29, 1.82) is 0 Å². The van der Waals surface area contributed by atoms with E-state index in [0.29, 0.717) is 6.04 Å². The summed E-state index contributed by atoms with van der Waals surface area (Å²) in [5.41, 5.74) is 0.240. The maximum Gasteiger partial charge on any atom is 0.0300 e. The number of rotatable bonds is 6. The smallest absolute Gasteiger partial charge is 0.0300 e. The molecule has 0 radical (unpaired) electrons. The Morgan fingerprint density at radius 1 is 1.23 bits per heavy atom. The summed E-state index contributed by atoms with van der Waals surface area (Å²) in [6.07, 6.45) is 2.39. The van der Waals surface area contributed by atoms with Gasteiger partial charge in [-0.1, -0.05) is 13.8 Å². The van der Waals surface area contributed by atoms with Crippen molar-refractivity contribution in [1.82, 2.24) is 10.2 Å². The molecule has 0 saturated heterocycles. The fourth-order valence-electron chi connectivity index (χ4n) is 1.52. The molecule has 1 atom stereocenters. The average molecular weight is 186 g/mol. The normalized spacial score (nSPS) is 15.0. The Balaban J connectivity index is 4.19. The van der Waals surface area contributed by atoms with Crippen LogP contribution in [-0.2, 0) is 0 Å². The van der Waals surface area contributed by atoms with Crippen molar-refractivity contribution in [3.8, 4) is 0 Å². The summed E-state index contributed by atoms with van der Waals surface area (Å²) < 4.78 is 0. The maximum atomic E-state index is 3.60. The van der Waals surface area contributed by atoms with Crippen LogP contribution in [0.1, 0.15) is 40.5 Å². The van der Waals surface area contributed by atoms with Crippen LogP contribution in [0.15, 0.2) is 0 Å². The lowest BCUT2D eigenvalue weighted by atomic mass is 9.91. The highest BCUT2D eigenvalue weighted by Crippen LogP contribution is 2.17. The van der Waals surface area contributed by atoms with Gasteiger partial charge in [-0.05, 0) is 47.3 Å². The van der Waals surface area contributed by atoms with Crippen LogP contribution in [0.2, 0.25) is 0 Å². The molecule has 0 heterocycles. The number of nitrogens with one attached hydrogen (secondary N) is 1. The molecule has 1 unspecified atom stereocenters. The van der Waals surface area contributed by atoms with E-state index in [1.54, 1.807) is 0 Å². The summed E-state index contributed by atoms with van der Waals surface area (Å²) in [7, 11) is 4.30. The lowest BCUT2D eigenvalue weighted by Gasteiger charge is -2.40. The molecule has 1 N–H and O–H groups in total. The third-order valence-electron chi connectivity index (χ3n) is 3.05. The monoisotopic (exact) mass is 186 g/mol. The SMILES string of the molecule is CCCNC(CC)C(C)(C)N(C)C. The number of nitrogens with zero attached hydrogens (tertiary/aromatic N) is 1. The molecule has 2 heteroatoms. The summed E-state index contributed by atoms with van der Waals surface area (Å²) in [6.45, 7) is 10.2. The molecule has 0 bridgehead atoms. The average Bonchev–Trinajstić information content (AvgIpc) is 2.05. The molecule has 0 aromatic rings. The van der Waals surface area contributed by atoms with Crippen molar-refractivity contribution in [2.24, 2.45) is 0 Å². The second-order valence-electron chi connectivity index (χ2n) is 4.46. The molecule has 2 nitrogen and oxygen atoms in total. The first kappa shape index (κ1) is 12.9. The van der Waals surface area contributed by atoms with Crippen LogP contribution >= 0.6 is 0 Å². The summed E-state index contributed by atoms with van der Waals surface area (Å²) >= 11 is 0. The van der Waals surface area contributed by atoms with Crippen LogP contribution in [0.25, 0.3) is 0 Å². The van der Waals surface area contributed by atoms with E-state index in [0.717, 1.165) is 6.54 Å². The van der Waals surface area contributed by atoms with Gasteiger partial charge >= 0.3 is 0 Å². The minimum atomic E-state index is 0.240. The van der Waals surface area contributed by atoms with Crippen LogP contribution in [0.5, 0.6) is 0 Å². The van der Waals surface area contributed by atoms with Crippen LogP contribution < -0.4 is 5.32 Å². The topological polar surface area (TPSA) is 15.3 Å². The lowest BCUT2D eigenvalue weighted by Crippen LogP contribution is -2.55. The van der Waals surface area contributed by atoms with Crippen molar-refractivity contribution in [2.75, 3.05) is 20.6 Å². The van der Waals surface area contributed by atoms with E-state index in [9.17, 15) is 0 Å². The molecule has 0 aliphatic heterocycles. The number of hydrogen-bond acceptors (Lipinski definition) is 2. The van der Waals surface area contributed by atoms with Gasteiger partial charge in [-0.25, -0.2) is 0 Å². The Morgan fingerprint density at radius 2 is 1.77 bits per heavy atom. The van der Waals surface area contributed by atoms with Gasteiger partial charge in [0.15, 0.2) is 0 Å². The second-order valence-corrected chi connectivity index (χ2v) is 4.46. The molecule has 0 fully saturated rings. The molecular weight excluding hydrogens is 160 g/mol. The highest BCUT2D eigenvalue weighted by atomic mass is 15.2. The maximum absolute atomic E-state index is 3.60. The first-order valence-corrected chi connectivity index (χ1v) is 5.37. The highest BCUT2D eigenvalue weighted by Gasteiger charge is 2.29. The zero-order valence-corrected chi connectivity index (χ0v) is 10.1. The molecule has 0 saturated carbocycles. The van der Waals surface area contributed by atoms with Crippen LogP contribution in [0.4, 0.5) is 0 Å². The minimum absolute atomic E-state index is 0.240. The highest BCUT2D eigenvalue weighted by molar-refractivity contribution is 4.90. The van der Waals surface area contributed by atoms with Gasteiger partial charge in [0.25, 0.3) is 0 Å². The van der Waals surface area contributed by atoms with Gasteiger partial charge < -0.3 is 10.2 Å². The van der Waals surface area contributed by atoms with Gasteiger partial charge in [0, 0.05) is 11.6 Å². The summed E-state index contributed by atoms with van der Waals surface area (Å²) in [4.78, 5) is 2.30.